The van der Waals surface area contributed by atoms with Gasteiger partial charge in [-0.15, -0.1) is 0 Å². The Labute approximate surface area is 128 Å². The van der Waals surface area contributed by atoms with Gasteiger partial charge in [-0.1, -0.05) is 46.3 Å². The lowest BCUT2D eigenvalue weighted by Gasteiger charge is -2.16. The Morgan fingerprint density at radius 1 is 1.25 bits per heavy atom. The normalized spacial score (nSPS) is 14.7. The predicted molar refractivity (Wildman–Crippen MR) is 85.0 cm³/mol. The highest BCUT2D eigenvalue weighted by atomic mass is 79.9. The first-order valence-electron chi connectivity index (χ1n) is 6.96. The van der Waals surface area contributed by atoms with Crippen molar-refractivity contribution in [2.45, 2.75) is 25.9 Å². The number of rotatable bonds is 4. The van der Waals surface area contributed by atoms with Crippen LogP contribution in [0.25, 0.3) is 0 Å². The van der Waals surface area contributed by atoms with Crippen molar-refractivity contribution in [3.05, 3.63) is 63.6 Å². The second kappa shape index (κ2) is 5.98. The van der Waals surface area contributed by atoms with Crippen molar-refractivity contribution >= 4 is 15.9 Å². The zero-order chi connectivity index (χ0) is 13.9. The fourth-order valence-corrected chi connectivity index (χ4v) is 3.15. The standard InChI is InChI=1S/C17H18BrNO/c1-12(13-5-3-2-4-6-13)19-11-15-10-16(18)9-14-7-8-20-17(14)15/h2-6,9-10,12,19H,7-8,11H2,1H3/t12-/m1/s1. The molecule has 0 saturated heterocycles. The van der Waals surface area contributed by atoms with Crippen molar-refractivity contribution in [3.63, 3.8) is 0 Å². The molecule has 2 aromatic carbocycles. The molecule has 2 aromatic rings. The Bertz CT molecular complexity index is 597. The molecule has 20 heavy (non-hydrogen) atoms. The fraction of sp³-hybridized carbons (Fsp3) is 0.294. The number of nitrogens with one attached hydrogen (secondary N) is 1. The van der Waals surface area contributed by atoms with Crippen LogP contribution in [0.1, 0.15) is 29.7 Å². The van der Waals surface area contributed by atoms with Crippen LogP contribution in [0.3, 0.4) is 0 Å². The van der Waals surface area contributed by atoms with E-state index in [1.807, 2.05) is 6.07 Å². The maximum Gasteiger partial charge on any atom is 0.127 e. The lowest BCUT2D eigenvalue weighted by atomic mass is 10.1. The van der Waals surface area contributed by atoms with E-state index in [4.69, 9.17) is 4.74 Å². The molecule has 0 radical (unpaired) electrons. The predicted octanol–water partition coefficient (Wildman–Crippen LogP) is 4.23. The molecule has 3 heteroatoms. The van der Waals surface area contributed by atoms with Crippen LogP contribution in [0.4, 0.5) is 0 Å². The van der Waals surface area contributed by atoms with Crippen molar-refractivity contribution < 1.29 is 4.74 Å². The van der Waals surface area contributed by atoms with Gasteiger partial charge in [0.25, 0.3) is 0 Å². The summed E-state index contributed by atoms with van der Waals surface area (Å²) in [6.07, 6.45) is 1.01. The molecule has 1 N–H and O–H groups in total. The Balaban J connectivity index is 1.73. The molecule has 0 bridgehead atoms. The molecule has 0 spiro atoms. The highest BCUT2D eigenvalue weighted by molar-refractivity contribution is 9.10. The zero-order valence-electron chi connectivity index (χ0n) is 11.5. The average Bonchev–Trinajstić information content (AvgIpc) is 2.93. The Hall–Kier alpha value is -1.32. The van der Waals surface area contributed by atoms with Crippen molar-refractivity contribution in [2.24, 2.45) is 0 Å². The van der Waals surface area contributed by atoms with Crippen LogP contribution >= 0.6 is 15.9 Å². The van der Waals surface area contributed by atoms with Gasteiger partial charge in [0, 0.05) is 29.0 Å². The summed E-state index contributed by atoms with van der Waals surface area (Å²) in [6.45, 7) is 3.80. The molecule has 0 unspecified atom stereocenters. The first kappa shape index (κ1) is 13.7. The molecule has 1 aliphatic rings. The van der Waals surface area contributed by atoms with Gasteiger partial charge in [0.2, 0.25) is 0 Å². The first-order chi connectivity index (χ1) is 9.74. The van der Waals surface area contributed by atoms with Gasteiger partial charge in [-0.2, -0.15) is 0 Å². The molecule has 104 valence electrons. The Kier molecular flexibility index (Phi) is 4.08. The third-order valence-electron chi connectivity index (χ3n) is 3.72. The zero-order valence-corrected chi connectivity index (χ0v) is 13.1. The number of hydrogen-bond donors (Lipinski definition) is 1. The van der Waals surface area contributed by atoms with Gasteiger partial charge in [0.1, 0.15) is 5.75 Å². The summed E-state index contributed by atoms with van der Waals surface area (Å²) in [5.74, 6) is 1.07. The molecule has 2 nitrogen and oxygen atoms in total. The number of fused-ring (bicyclic) bond motifs is 1. The summed E-state index contributed by atoms with van der Waals surface area (Å²) in [4.78, 5) is 0. The molecule has 1 atom stereocenters. The SMILES string of the molecule is C[C@@H](NCc1cc(Br)cc2c1OCC2)c1ccccc1. The lowest BCUT2D eigenvalue weighted by Crippen LogP contribution is -2.18. The van der Waals surface area contributed by atoms with Crippen LogP contribution in [0, 0.1) is 0 Å². The number of hydrogen-bond acceptors (Lipinski definition) is 2. The molecular formula is C17H18BrNO. The van der Waals surface area contributed by atoms with E-state index in [0.717, 1.165) is 29.8 Å². The molecule has 1 heterocycles. The molecule has 0 saturated carbocycles. The highest BCUT2D eigenvalue weighted by Crippen LogP contribution is 2.33. The van der Waals surface area contributed by atoms with Crippen molar-refractivity contribution in [3.8, 4) is 5.75 Å². The van der Waals surface area contributed by atoms with Gasteiger partial charge in [-0.05, 0) is 30.2 Å². The highest BCUT2D eigenvalue weighted by Gasteiger charge is 2.17. The van der Waals surface area contributed by atoms with Crippen LogP contribution in [0.5, 0.6) is 5.75 Å². The lowest BCUT2D eigenvalue weighted by molar-refractivity contribution is 0.351. The summed E-state index contributed by atoms with van der Waals surface area (Å²) in [6, 6.07) is 15.1. The maximum absolute atomic E-state index is 5.76. The second-order valence-electron chi connectivity index (χ2n) is 5.16. The van der Waals surface area contributed by atoms with Crippen molar-refractivity contribution in [1.82, 2.24) is 5.32 Å². The molecular weight excluding hydrogens is 314 g/mol. The molecule has 0 amide bonds. The van der Waals surface area contributed by atoms with E-state index in [1.165, 1.54) is 16.7 Å². The van der Waals surface area contributed by atoms with E-state index in [2.05, 4.69) is 64.6 Å². The number of ether oxygens (including phenoxy) is 1. The van der Waals surface area contributed by atoms with Crippen LogP contribution in [0.2, 0.25) is 0 Å². The average molecular weight is 332 g/mol. The molecule has 0 fully saturated rings. The van der Waals surface area contributed by atoms with E-state index >= 15 is 0 Å². The molecule has 0 aromatic heterocycles. The van der Waals surface area contributed by atoms with Crippen LogP contribution in [-0.2, 0) is 13.0 Å². The van der Waals surface area contributed by atoms with Crippen LogP contribution in [-0.4, -0.2) is 6.61 Å². The van der Waals surface area contributed by atoms with Gasteiger partial charge in [0.15, 0.2) is 0 Å². The third kappa shape index (κ3) is 2.89. The van der Waals surface area contributed by atoms with Gasteiger partial charge >= 0.3 is 0 Å². The minimum Gasteiger partial charge on any atom is -0.493 e. The summed E-state index contributed by atoms with van der Waals surface area (Å²) in [5.41, 5.74) is 3.85. The molecule has 0 aliphatic carbocycles. The van der Waals surface area contributed by atoms with Gasteiger partial charge < -0.3 is 10.1 Å². The first-order valence-corrected chi connectivity index (χ1v) is 7.76. The largest absolute Gasteiger partial charge is 0.493 e. The van der Waals surface area contributed by atoms with Gasteiger partial charge in [-0.3, -0.25) is 0 Å². The summed E-state index contributed by atoms with van der Waals surface area (Å²) < 4.78 is 6.89. The second-order valence-corrected chi connectivity index (χ2v) is 6.08. The van der Waals surface area contributed by atoms with Gasteiger partial charge in [0.05, 0.1) is 6.61 Å². The quantitative estimate of drug-likeness (QED) is 0.904. The van der Waals surface area contributed by atoms with E-state index in [1.54, 1.807) is 0 Å². The molecule has 1 aliphatic heterocycles. The van der Waals surface area contributed by atoms with E-state index in [-0.39, 0.29) is 0 Å². The Morgan fingerprint density at radius 3 is 2.85 bits per heavy atom. The minimum absolute atomic E-state index is 0.326. The van der Waals surface area contributed by atoms with E-state index < -0.39 is 0 Å². The summed E-state index contributed by atoms with van der Waals surface area (Å²) in [7, 11) is 0. The van der Waals surface area contributed by atoms with Crippen LogP contribution in [0.15, 0.2) is 46.9 Å². The minimum atomic E-state index is 0.326. The van der Waals surface area contributed by atoms with Crippen molar-refractivity contribution in [1.29, 1.82) is 0 Å². The molecule has 3 rings (SSSR count). The topological polar surface area (TPSA) is 21.3 Å². The summed E-state index contributed by atoms with van der Waals surface area (Å²) >= 11 is 3.58. The van der Waals surface area contributed by atoms with Crippen molar-refractivity contribution in [2.75, 3.05) is 6.61 Å². The third-order valence-corrected chi connectivity index (χ3v) is 4.18. The maximum atomic E-state index is 5.76. The smallest absolute Gasteiger partial charge is 0.127 e. The number of benzene rings is 2. The number of halogens is 1. The fourth-order valence-electron chi connectivity index (χ4n) is 2.60. The van der Waals surface area contributed by atoms with Gasteiger partial charge in [-0.25, -0.2) is 0 Å². The van der Waals surface area contributed by atoms with E-state index in [9.17, 15) is 0 Å². The summed E-state index contributed by atoms with van der Waals surface area (Å²) in [5, 5.41) is 3.57. The van der Waals surface area contributed by atoms with Crippen LogP contribution < -0.4 is 10.1 Å². The monoisotopic (exact) mass is 331 g/mol. The van der Waals surface area contributed by atoms with E-state index in [0.29, 0.717) is 6.04 Å². The Morgan fingerprint density at radius 2 is 2.05 bits per heavy atom.